The Bertz CT molecular complexity index is 1610. The lowest BCUT2D eigenvalue weighted by Crippen LogP contribution is -2.35. The van der Waals surface area contributed by atoms with Crippen LogP contribution in [0.25, 0.3) is 10.9 Å². The summed E-state index contributed by atoms with van der Waals surface area (Å²) < 4.78 is 37.9. The van der Waals surface area contributed by atoms with E-state index in [2.05, 4.69) is 20.9 Å². The van der Waals surface area contributed by atoms with Gasteiger partial charge in [-0.2, -0.15) is 0 Å². The summed E-state index contributed by atoms with van der Waals surface area (Å²) >= 11 is 0. The second kappa shape index (κ2) is 13.8. The maximum absolute atomic E-state index is 15.1. The molecule has 2 amide bonds. The largest absolute Gasteiger partial charge is 0.496 e. The number of nitrogens with zero attached hydrogens (tertiary/aromatic N) is 1. The molecule has 11 heteroatoms. The molecule has 1 aliphatic rings. The predicted octanol–water partition coefficient (Wildman–Crippen LogP) is 4.82. The summed E-state index contributed by atoms with van der Waals surface area (Å²) in [5, 5.41) is 8.89. The van der Waals surface area contributed by atoms with Crippen LogP contribution in [0.2, 0.25) is 0 Å². The first-order valence-corrected chi connectivity index (χ1v) is 13.9. The van der Waals surface area contributed by atoms with Gasteiger partial charge in [-0.05, 0) is 62.2 Å². The molecule has 0 unspecified atom stereocenters. The van der Waals surface area contributed by atoms with Crippen LogP contribution in [0.15, 0.2) is 66.9 Å². The van der Waals surface area contributed by atoms with Crippen molar-refractivity contribution in [2.24, 2.45) is 5.92 Å². The van der Waals surface area contributed by atoms with Gasteiger partial charge in [0.25, 0.3) is 0 Å². The smallest absolute Gasteiger partial charge is 0.313 e. The van der Waals surface area contributed by atoms with E-state index in [1.165, 1.54) is 19.2 Å². The van der Waals surface area contributed by atoms with Crippen LogP contribution in [0, 0.1) is 11.7 Å². The molecule has 2 heterocycles. The van der Waals surface area contributed by atoms with Crippen LogP contribution in [-0.4, -0.2) is 50.7 Å². The predicted molar refractivity (Wildman–Crippen MR) is 159 cm³/mol. The number of aromatic nitrogens is 1. The molecule has 1 aliphatic heterocycles. The van der Waals surface area contributed by atoms with E-state index in [9.17, 15) is 9.59 Å². The van der Waals surface area contributed by atoms with Crippen molar-refractivity contribution in [3.8, 4) is 28.7 Å². The number of methoxy groups -OCH3 is 2. The molecule has 0 radical (unpaired) electrons. The zero-order valence-electron chi connectivity index (χ0n) is 23.9. The minimum atomic E-state index is -0.937. The Morgan fingerprint density at radius 1 is 0.907 bits per heavy atom. The summed E-state index contributed by atoms with van der Waals surface area (Å²) in [6.07, 6.45) is 3.67. The lowest BCUT2D eigenvalue weighted by molar-refractivity contribution is -0.136. The number of fused-ring (bicyclic) bond motifs is 1. The van der Waals surface area contributed by atoms with Crippen molar-refractivity contribution < 1.29 is 32.9 Å². The fraction of sp³-hybridized carbons (Fsp3) is 0.281. The average molecular weight is 589 g/mol. The lowest BCUT2D eigenvalue weighted by atomic mass is 9.99. The summed E-state index contributed by atoms with van der Waals surface area (Å²) in [5.41, 5.74) is 1.40. The third-order valence-corrected chi connectivity index (χ3v) is 7.17. The Morgan fingerprint density at radius 2 is 1.70 bits per heavy atom. The van der Waals surface area contributed by atoms with E-state index in [1.807, 2.05) is 0 Å². The number of ether oxygens (including phenoxy) is 4. The van der Waals surface area contributed by atoms with E-state index in [0.29, 0.717) is 52.0 Å². The highest BCUT2D eigenvalue weighted by Gasteiger charge is 2.19. The van der Waals surface area contributed by atoms with Gasteiger partial charge in [0.2, 0.25) is 0 Å². The van der Waals surface area contributed by atoms with Gasteiger partial charge in [0, 0.05) is 41.5 Å². The van der Waals surface area contributed by atoms with Gasteiger partial charge in [0.05, 0.1) is 26.3 Å². The Labute approximate surface area is 248 Å². The number of carbonyl (C=O) groups excluding carboxylic acids is 2. The number of nitrogens with one attached hydrogen (secondary N) is 3. The first-order chi connectivity index (χ1) is 20.9. The number of rotatable bonds is 10. The van der Waals surface area contributed by atoms with Crippen LogP contribution in [-0.2, 0) is 16.1 Å². The number of halogens is 1. The molecule has 3 N–H and O–H groups in total. The van der Waals surface area contributed by atoms with Crippen LogP contribution >= 0.6 is 0 Å². The summed E-state index contributed by atoms with van der Waals surface area (Å²) in [6.45, 7) is 2.63. The standard InChI is InChI=1S/C32H33FN4O6/c1-40-26-6-4-3-5-21(26)18-36-31(38)32(39)37-22-7-8-28(24(33)15-22)43-27-11-14-35-25-17-30(29(41-2)16-23(25)27)42-19-20-9-12-34-13-10-20/h3-8,11,14-17,20,34H,9-10,12-13,18-19H2,1-2H3,(H,36,38)(H,37,39). The molecular formula is C32H33FN4O6. The summed E-state index contributed by atoms with van der Waals surface area (Å²) in [5.74, 6) is -0.105. The van der Waals surface area contributed by atoms with Gasteiger partial charge in [-0.3, -0.25) is 14.6 Å². The second-order valence-corrected chi connectivity index (χ2v) is 10.0. The van der Waals surface area contributed by atoms with Crippen LogP contribution in [0.1, 0.15) is 18.4 Å². The molecule has 0 saturated carbocycles. The second-order valence-electron chi connectivity index (χ2n) is 10.0. The SMILES string of the molecule is COc1ccccc1CNC(=O)C(=O)Nc1ccc(Oc2ccnc3cc(OCC4CCNCC4)c(OC)cc23)c(F)c1. The molecule has 5 rings (SSSR count). The molecule has 1 aromatic heterocycles. The molecule has 224 valence electrons. The van der Waals surface area contributed by atoms with Crippen molar-refractivity contribution in [2.45, 2.75) is 19.4 Å². The van der Waals surface area contributed by atoms with Crippen molar-refractivity contribution in [1.82, 2.24) is 15.6 Å². The van der Waals surface area contributed by atoms with Crippen LogP contribution in [0.5, 0.6) is 28.7 Å². The number of hydrogen-bond donors (Lipinski definition) is 3. The van der Waals surface area contributed by atoms with E-state index in [4.69, 9.17) is 18.9 Å². The Balaban J connectivity index is 1.24. The third kappa shape index (κ3) is 7.31. The minimum absolute atomic E-state index is 0.0728. The molecule has 0 bridgehead atoms. The monoisotopic (exact) mass is 588 g/mol. The maximum atomic E-state index is 15.1. The van der Waals surface area contributed by atoms with Gasteiger partial charge in [-0.1, -0.05) is 18.2 Å². The number of carbonyl (C=O) groups is 2. The number of hydrogen-bond acceptors (Lipinski definition) is 8. The van der Waals surface area contributed by atoms with Gasteiger partial charge in [-0.15, -0.1) is 0 Å². The van der Waals surface area contributed by atoms with Crippen molar-refractivity contribution in [1.29, 1.82) is 0 Å². The van der Waals surface area contributed by atoms with E-state index in [1.54, 1.807) is 55.8 Å². The third-order valence-electron chi connectivity index (χ3n) is 7.17. The van der Waals surface area contributed by atoms with Crippen molar-refractivity contribution >= 4 is 28.4 Å². The van der Waals surface area contributed by atoms with Crippen LogP contribution in [0.3, 0.4) is 0 Å². The topological polar surface area (TPSA) is 120 Å². The van der Waals surface area contributed by atoms with Gasteiger partial charge in [0.15, 0.2) is 23.1 Å². The summed E-state index contributed by atoms with van der Waals surface area (Å²) in [6, 6.07) is 16.2. The minimum Gasteiger partial charge on any atom is -0.496 e. The normalized spacial score (nSPS) is 13.3. The number of piperidine rings is 1. The molecule has 3 aromatic carbocycles. The number of amides is 2. The van der Waals surface area contributed by atoms with Gasteiger partial charge in [-0.25, -0.2) is 4.39 Å². The van der Waals surface area contributed by atoms with Crippen LogP contribution < -0.4 is 34.9 Å². The fourth-order valence-electron chi connectivity index (χ4n) is 4.82. The van der Waals surface area contributed by atoms with E-state index in [0.717, 1.165) is 32.0 Å². The first-order valence-electron chi connectivity index (χ1n) is 13.9. The quantitative estimate of drug-likeness (QED) is 0.226. The Morgan fingerprint density at radius 3 is 2.47 bits per heavy atom. The van der Waals surface area contributed by atoms with Gasteiger partial charge in [0.1, 0.15) is 11.5 Å². The van der Waals surface area contributed by atoms with Crippen molar-refractivity contribution in [2.75, 3.05) is 39.2 Å². The number of pyridine rings is 1. The first kappa shape index (κ1) is 29.6. The molecule has 1 saturated heterocycles. The maximum Gasteiger partial charge on any atom is 0.313 e. The van der Waals surface area contributed by atoms with Crippen molar-refractivity contribution in [3.63, 3.8) is 0 Å². The van der Waals surface area contributed by atoms with Gasteiger partial charge >= 0.3 is 11.8 Å². The molecule has 43 heavy (non-hydrogen) atoms. The number of anilines is 1. The summed E-state index contributed by atoms with van der Waals surface area (Å²) in [7, 11) is 3.08. The molecule has 0 spiro atoms. The zero-order chi connectivity index (χ0) is 30.2. The number of benzene rings is 3. The molecule has 0 aliphatic carbocycles. The Hall–Kier alpha value is -4.90. The highest BCUT2D eigenvalue weighted by Crippen LogP contribution is 2.38. The molecule has 10 nitrogen and oxygen atoms in total. The van der Waals surface area contributed by atoms with E-state index >= 15 is 4.39 Å². The zero-order valence-corrected chi connectivity index (χ0v) is 23.9. The van der Waals surface area contributed by atoms with Crippen molar-refractivity contribution in [3.05, 3.63) is 78.2 Å². The fourth-order valence-corrected chi connectivity index (χ4v) is 4.82. The molecule has 0 atom stereocenters. The van der Waals surface area contributed by atoms with Gasteiger partial charge < -0.3 is 34.9 Å². The summed E-state index contributed by atoms with van der Waals surface area (Å²) in [4.78, 5) is 29.2. The number of para-hydroxylation sites is 1. The highest BCUT2D eigenvalue weighted by atomic mass is 19.1. The highest BCUT2D eigenvalue weighted by molar-refractivity contribution is 6.39. The van der Waals surface area contributed by atoms with E-state index in [-0.39, 0.29) is 18.0 Å². The molecule has 4 aromatic rings. The molecular weight excluding hydrogens is 555 g/mol. The van der Waals surface area contributed by atoms with E-state index < -0.39 is 17.6 Å². The molecule has 1 fully saturated rings. The lowest BCUT2D eigenvalue weighted by Gasteiger charge is -2.23. The average Bonchev–Trinajstić information content (AvgIpc) is 3.04. The Kier molecular flexibility index (Phi) is 9.52. The van der Waals surface area contributed by atoms with Crippen LogP contribution in [0.4, 0.5) is 10.1 Å².